The van der Waals surface area contributed by atoms with Crippen molar-refractivity contribution in [1.82, 2.24) is 9.97 Å². The van der Waals surface area contributed by atoms with Gasteiger partial charge in [0, 0.05) is 11.8 Å². The molecular weight excluding hydrogens is 385 g/mol. The smallest absolute Gasteiger partial charge is 0.343 e. The van der Waals surface area contributed by atoms with Gasteiger partial charge in [0.05, 0.1) is 17.0 Å². The number of anilines is 2. The number of rotatable bonds is 3. The van der Waals surface area contributed by atoms with Crippen LogP contribution in [0.5, 0.6) is 11.6 Å². The molecule has 0 spiro atoms. The van der Waals surface area contributed by atoms with Gasteiger partial charge in [-0.25, -0.2) is 19.2 Å². The van der Waals surface area contributed by atoms with Crippen molar-refractivity contribution in [3.63, 3.8) is 0 Å². The van der Waals surface area contributed by atoms with Crippen LogP contribution in [0.15, 0.2) is 76.2 Å². The largest absolute Gasteiger partial charge is 0.438 e. The van der Waals surface area contributed by atoms with E-state index in [9.17, 15) is 9.18 Å². The van der Waals surface area contributed by atoms with E-state index in [0.717, 1.165) is 5.69 Å². The Hall–Kier alpha value is -4.00. The quantitative estimate of drug-likeness (QED) is 0.463. The van der Waals surface area contributed by atoms with Gasteiger partial charge in [-0.15, -0.1) is 0 Å². The summed E-state index contributed by atoms with van der Waals surface area (Å²) in [6.45, 7) is 1.68. The molecule has 0 aliphatic carbocycles. The summed E-state index contributed by atoms with van der Waals surface area (Å²) in [7, 11) is 0. The standard InChI is InChI=1S/C23H16FN3O3/c1-13-11-17-19(23(28)29-13)18(14-7-9-15(24)10-8-14)20-21(25-12-26-22(20)30-17)27-16-5-3-2-4-6-16/h2-12,18H,1H3,(H,25,26,27). The van der Waals surface area contributed by atoms with E-state index in [1.807, 2.05) is 30.3 Å². The third kappa shape index (κ3) is 3.10. The summed E-state index contributed by atoms with van der Waals surface area (Å²) in [6.07, 6.45) is 1.40. The zero-order valence-electron chi connectivity index (χ0n) is 15.9. The Morgan fingerprint density at radius 1 is 1.00 bits per heavy atom. The fourth-order valence-electron chi connectivity index (χ4n) is 3.65. The van der Waals surface area contributed by atoms with Crippen LogP contribution in [0.4, 0.5) is 15.9 Å². The van der Waals surface area contributed by atoms with Crippen molar-refractivity contribution >= 4 is 11.5 Å². The van der Waals surface area contributed by atoms with Crippen LogP contribution in [-0.4, -0.2) is 9.97 Å². The molecule has 7 heteroatoms. The normalized spacial score (nSPS) is 14.4. The first-order chi connectivity index (χ1) is 14.6. The molecule has 30 heavy (non-hydrogen) atoms. The van der Waals surface area contributed by atoms with Gasteiger partial charge in [0.15, 0.2) is 0 Å². The minimum Gasteiger partial charge on any atom is -0.438 e. The predicted molar refractivity (Wildman–Crippen MR) is 109 cm³/mol. The van der Waals surface area contributed by atoms with Gasteiger partial charge in [-0.1, -0.05) is 30.3 Å². The molecule has 148 valence electrons. The van der Waals surface area contributed by atoms with E-state index in [1.165, 1.54) is 18.5 Å². The number of aromatic nitrogens is 2. The van der Waals surface area contributed by atoms with Gasteiger partial charge >= 0.3 is 5.63 Å². The van der Waals surface area contributed by atoms with Crippen molar-refractivity contribution in [3.05, 3.63) is 106 Å². The van der Waals surface area contributed by atoms with Crippen LogP contribution in [-0.2, 0) is 0 Å². The maximum absolute atomic E-state index is 13.6. The predicted octanol–water partition coefficient (Wildman–Crippen LogP) is 4.91. The van der Waals surface area contributed by atoms with Crippen LogP contribution < -0.4 is 15.7 Å². The van der Waals surface area contributed by atoms with Crippen LogP contribution in [0.1, 0.15) is 28.4 Å². The summed E-state index contributed by atoms with van der Waals surface area (Å²) in [4.78, 5) is 21.5. The molecule has 1 aliphatic heterocycles. The first-order valence-corrected chi connectivity index (χ1v) is 9.35. The van der Waals surface area contributed by atoms with Gasteiger partial charge in [0.2, 0.25) is 5.88 Å². The number of para-hydroxylation sites is 1. The Morgan fingerprint density at radius 3 is 2.53 bits per heavy atom. The van der Waals surface area contributed by atoms with E-state index in [2.05, 4.69) is 15.3 Å². The Kier molecular flexibility index (Phi) is 4.28. The third-order valence-electron chi connectivity index (χ3n) is 4.94. The molecule has 6 nitrogen and oxygen atoms in total. The average Bonchev–Trinajstić information content (AvgIpc) is 2.74. The summed E-state index contributed by atoms with van der Waals surface area (Å²) >= 11 is 0. The Labute approximate surface area is 171 Å². The molecule has 3 heterocycles. The molecule has 0 saturated carbocycles. The number of fused-ring (bicyclic) bond motifs is 2. The zero-order chi connectivity index (χ0) is 20.7. The summed E-state index contributed by atoms with van der Waals surface area (Å²) in [6, 6.07) is 17.1. The number of aryl methyl sites for hydroxylation is 1. The van der Waals surface area contributed by atoms with Gasteiger partial charge in [-0.2, -0.15) is 0 Å². The first-order valence-electron chi connectivity index (χ1n) is 9.35. The molecule has 5 rings (SSSR count). The lowest BCUT2D eigenvalue weighted by molar-refractivity contribution is 0.399. The van der Waals surface area contributed by atoms with Crippen molar-refractivity contribution in [3.8, 4) is 11.6 Å². The second-order valence-electron chi connectivity index (χ2n) is 6.94. The molecule has 0 bridgehead atoms. The topological polar surface area (TPSA) is 77.3 Å². The SMILES string of the molecule is Cc1cc2c(c(=O)o1)C(c1ccc(F)cc1)c1c(Nc3ccccc3)ncnc1O2. The van der Waals surface area contributed by atoms with Crippen LogP contribution in [0.25, 0.3) is 0 Å². The molecule has 1 aliphatic rings. The molecule has 1 atom stereocenters. The molecule has 1 N–H and O–H groups in total. The van der Waals surface area contributed by atoms with Crippen molar-refractivity contribution < 1.29 is 13.5 Å². The molecular formula is C23H16FN3O3. The molecule has 4 aromatic rings. The zero-order valence-corrected chi connectivity index (χ0v) is 15.9. The highest BCUT2D eigenvalue weighted by Crippen LogP contribution is 2.47. The summed E-state index contributed by atoms with van der Waals surface area (Å²) in [5.74, 6) is 0.663. The molecule has 0 saturated heterocycles. The van der Waals surface area contributed by atoms with Crippen LogP contribution in [0.3, 0.4) is 0 Å². The van der Waals surface area contributed by atoms with E-state index in [0.29, 0.717) is 39.9 Å². The number of nitrogens with one attached hydrogen (secondary N) is 1. The van der Waals surface area contributed by atoms with E-state index in [1.54, 1.807) is 25.1 Å². The number of nitrogens with zero attached hydrogens (tertiary/aromatic N) is 2. The highest BCUT2D eigenvalue weighted by molar-refractivity contribution is 5.68. The number of hydrogen-bond donors (Lipinski definition) is 1. The highest BCUT2D eigenvalue weighted by atomic mass is 19.1. The fourth-order valence-corrected chi connectivity index (χ4v) is 3.65. The summed E-state index contributed by atoms with van der Waals surface area (Å²) in [5.41, 5.74) is 1.91. The first kappa shape index (κ1) is 18.1. The Bertz CT molecular complexity index is 1290. The van der Waals surface area contributed by atoms with Crippen molar-refractivity contribution in [2.45, 2.75) is 12.8 Å². The number of hydrogen-bond acceptors (Lipinski definition) is 6. The van der Waals surface area contributed by atoms with Crippen LogP contribution in [0.2, 0.25) is 0 Å². The number of halogens is 1. The van der Waals surface area contributed by atoms with Crippen molar-refractivity contribution in [2.24, 2.45) is 0 Å². The minimum atomic E-state index is -0.589. The lowest BCUT2D eigenvalue weighted by Gasteiger charge is -2.28. The third-order valence-corrected chi connectivity index (χ3v) is 4.94. The Balaban J connectivity index is 1.75. The van der Waals surface area contributed by atoms with E-state index in [-0.39, 0.29) is 5.82 Å². The van der Waals surface area contributed by atoms with Gasteiger partial charge < -0.3 is 14.5 Å². The fraction of sp³-hybridized carbons (Fsp3) is 0.0870. The molecule has 0 amide bonds. The molecule has 2 aromatic carbocycles. The van der Waals surface area contributed by atoms with Gasteiger partial charge in [0.25, 0.3) is 0 Å². The molecule has 2 aromatic heterocycles. The second-order valence-corrected chi connectivity index (χ2v) is 6.94. The molecule has 0 fully saturated rings. The van der Waals surface area contributed by atoms with Crippen LogP contribution in [0, 0.1) is 12.7 Å². The van der Waals surface area contributed by atoms with Crippen molar-refractivity contribution in [1.29, 1.82) is 0 Å². The van der Waals surface area contributed by atoms with Crippen molar-refractivity contribution in [2.75, 3.05) is 5.32 Å². The van der Waals surface area contributed by atoms with Gasteiger partial charge in [-0.05, 0) is 36.8 Å². The minimum absolute atomic E-state index is 0.325. The lowest BCUT2D eigenvalue weighted by Crippen LogP contribution is -2.22. The lowest BCUT2D eigenvalue weighted by atomic mass is 9.84. The van der Waals surface area contributed by atoms with E-state index in [4.69, 9.17) is 9.15 Å². The van der Waals surface area contributed by atoms with E-state index >= 15 is 0 Å². The molecule has 0 radical (unpaired) electrons. The Morgan fingerprint density at radius 2 is 1.77 bits per heavy atom. The number of benzene rings is 2. The average molecular weight is 401 g/mol. The number of ether oxygens (including phenoxy) is 1. The maximum Gasteiger partial charge on any atom is 0.343 e. The summed E-state index contributed by atoms with van der Waals surface area (Å²) < 4.78 is 24.9. The second kappa shape index (κ2) is 7.11. The van der Waals surface area contributed by atoms with Gasteiger partial charge in [-0.3, -0.25) is 0 Å². The highest BCUT2D eigenvalue weighted by Gasteiger charge is 2.36. The summed E-state index contributed by atoms with van der Waals surface area (Å²) in [5, 5.41) is 3.27. The van der Waals surface area contributed by atoms with Gasteiger partial charge in [0.1, 0.15) is 29.5 Å². The van der Waals surface area contributed by atoms with Crippen LogP contribution >= 0.6 is 0 Å². The van der Waals surface area contributed by atoms with E-state index < -0.39 is 11.5 Å². The molecule has 1 unspecified atom stereocenters. The maximum atomic E-state index is 13.6. The monoisotopic (exact) mass is 401 g/mol.